The number of nitrogens with zero attached hydrogens (tertiary/aromatic N) is 2. The monoisotopic (exact) mass is 252 g/mol. The van der Waals surface area contributed by atoms with Gasteiger partial charge in [0.15, 0.2) is 0 Å². The fourth-order valence-electron chi connectivity index (χ4n) is 2.83. The van der Waals surface area contributed by atoms with Crippen molar-refractivity contribution in [2.24, 2.45) is 5.41 Å². The van der Waals surface area contributed by atoms with Crippen LogP contribution in [-0.4, -0.2) is 36.2 Å². The molecule has 0 radical (unpaired) electrons. The van der Waals surface area contributed by atoms with Crippen molar-refractivity contribution < 1.29 is 4.74 Å². The zero-order valence-electron chi connectivity index (χ0n) is 10.0. The van der Waals surface area contributed by atoms with E-state index in [1.165, 1.54) is 12.0 Å². The Morgan fingerprint density at radius 1 is 1.47 bits per heavy atom. The quantitative estimate of drug-likeness (QED) is 0.757. The highest BCUT2D eigenvalue weighted by Crippen LogP contribution is 2.42. The van der Waals surface area contributed by atoms with Gasteiger partial charge in [0.05, 0.1) is 6.61 Å². The van der Waals surface area contributed by atoms with Crippen molar-refractivity contribution in [3.8, 4) is 0 Å². The van der Waals surface area contributed by atoms with Gasteiger partial charge in [-0.1, -0.05) is 17.7 Å². The number of likely N-dealkylation sites (tertiary alicyclic amines) is 1. The van der Waals surface area contributed by atoms with E-state index in [1.54, 1.807) is 0 Å². The molecule has 2 saturated heterocycles. The van der Waals surface area contributed by atoms with Crippen LogP contribution >= 0.6 is 11.6 Å². The summed E-state index contributed by atoms with van der Waals surface area (Å²) in [4.78, 5) is 6.63. The lowest BCUT2D eigenvalue weighted by molar-refractivity contribution is -0.0320. The van der Waals surface area contributed by atoms with E-state index in [2.05, 4.69) is 22.9 Å². The molecule has 0 bridgehead atoms. The van der Waals surface area contributed by atoms with Gasteiger partial charge in [0.2, 0.25) is 0 Å². The molecule has 2 fully saturated rings. The molecule has 1 atom stereocenters. The molecular weight excluding hydrogens is 236 g/mol. The lowest BCUT2D eigenvalue weighted by atomic mass is 9.78. The third-order valence-corrected chi connectivity index (χ3v) is 4.27. The van der Waals surface area contributed by atoms with Crippen LogP contribution in [0.2, 0.25) is 5.15 Å². The van der Waals surface area contributed by atoms with Crippen molar-refractivity contribution in [2.45, 2.75) is 19.4 Å². The number of rotatable bonds is 2. The van der Waals surface area contributed by atoms with Crippen LogP contribution in [0.1, 0.15) is 24.9 Å². The molecule has 1 unspecified atom stereocenters. The average Bonchev–Trinajstić information content (AvgIpc) is 2.76. The van der Waals surface area contributed by atoms with Crippen LogP contribution in [0.3, 0.4) is 0 Å². The highest BCUT2D eigenvalue weighted by molar-refractivity contribution is 6.29. The molecule has 0 aliphatic carbocycles. The molecule has 0 aromatic carbocycles. The second-order valence-electron chi connectivity index (χ2n) is 5.30. The van der Waals surface area contributed by atoms with E-state index in [0.29, 0.717) is 16.6 Å². The SMILES string of the molecule is CC(c1ccc(Cl)nc1)N1CC2(CCOC2)C1. The topological polar surface area (TPSA) is 25.4 Å². The van der Waals surface area contributed by atoms with E-state index in [4.69, 9.17) is 16.3 Å². The summed E-state index contributed by atoms with van der Waals surface area (Å²) in [6, 6.07) is 4.35. The second-order valence-corrected chi connectivity index (χ2v) is 5.69. The maximum atomic E-state index is 5.80. The first-order valence-corrected chi connectivity index (χ1v) is 6.50. The zero-order chi connectivity index (χ0) is 11.9. The van der Waals surface area contributed by atoms with E-state index < -0.39 is 0 Å². The maximum absolute atomic E-state index is 5.80. The molecule has 4 heteroatoms. The Morgan fingerprint density at radius 2 is 2.29 bits per heavy atom. The molecule has 0 amide bonds. The summed E-state index contributed by atoms with van der Waals surface area (Å²) < 4.78 is 5.50. The first-order valence-electron chi connectivity index (χ1n) is 6.12. The second kappa shape index (κ2) is 4.23. The summed E-state index contributed by atoms with van der Waals surface area (Å²) in [7, 11) is 0. The van der Waals surface area contributed by atoms with Gasteiger partial charge in [-0.3, -0.25) is 4.90 Å². The number of aromatic nitrogens is 1. The van der Waals surface area contributed by atoms with E-state index in [0.717, 1.165) is 26.3 Å². The summed E-state index contributed by atoms with van der Waals surface area (Å²) in [6.45, 7) is 6.40. The van der Waals surface area contributed by atoms with Crippen molar-refractivity contribution >= 4 is 11.6 Å². The number of halogens is 1. The summed E-state index contributed by atoms with van der Waals surface area (Å²) >= 11 is 5.80. The molecule has 3 heterocycles. The molecule has 0 N–H and O–H groups in total. The van der Waals surface area contributed by atoms with Gasteiger partial charge in [0.25, 0.3) is 0 Å². The Balaban J connectivity index is 1.64. The smallest absolute Gasteiger partial charge is 0.129 e. The van der Waals surface area contributed by atoms with E-state index >= 15 is 0 Å². The van der Waals surface area contributed by atoms with Gasteiger partial charge in [-0.15, -0.1) is 0 Å². The van der Waals surface area contributed by atoms with Crippen LogP contribution in [0.5, 0.6) is 0 Å². The van der Waals surface area contributed by atoms with Gasteiger partial charge < -0.3 is 4.74 Å². The summed E-state index contributed by atoms with van der Waals surface area (Å²) in [5.74, 6) is 0. The van der Waals surface area contributed by atoms with Crippen LogP contribution in [0.4, 0.5) is 0 Å². The van der Waals surface area contributed by atoms with Crippen molar-refractivity contribution in [2.75, 3.05) is 26.3 Å². The van der Waals surface area contributed by atoms with Gasteiger partial charge in [0.1, 0.15) is 5.15 Å². The Kier molecular flexibility index (Phi) is 2.85. The fourth-order valence-corrected chi connectivity index (χ4v) is 2.95. The van der Waals surface area contributed by atoms with Crippen LogP contribution in [-0.2, 0) is 4.74 Å². The standard InChI is InChI=1S/C13H17ClN2O/c1-10(11-2-3-12(14)15-6-11)16-7-13(8-16)4-5-17-9-13/h2-3,6,10H,4-5,7-9H2,1H3. The van der Waals surface area contributed by atoms with E-state index in [-0.39, 0.29) is 0 Å². The first-order chi connectivity index (χ1) is 8.19. The molecule has 3 rings (SSSR count). The summed E-state index contributed by atoms with van der Waals surface area (Å²) in [6.07, 6.45) is 3.10. The predicted octanol–water partition coefficient (Wildman–Crippen LogP) is 2.52. The van der Waals surface area contributed by atoms with E-state index in [9.17, 15) is 0 Å². The minimum Gasteiger partial charge on any atom is -0.381 e. The number of ether oxygens (including phenoxy) is 1. The summed E-state index contributed by atoms with van der Waals surface area (Å²) in [5, 5.41) is 0.560. The van der Waals surface area contributed by atoms with Crippen LogP contribution in [0.25, 0.3) is 0 Å². The Labute approximate surface area is 107 Å². The molecule has 1 aromatic rings. The van der Waals surface area contributed by atoms with Gasteiger partial charge in [-0.25, -0.2) is 4.98 Å². The lowest BCUT2D eigenvalue weighted by Gasteiger charge is -2.50. The van der Waals surface area contributed by atoms with Crippen LogP contribution < -0.4 is 0 Å². The Bertz CT molecular complexity index is 392. The molecule has 2 aliphatic rings. The van der Waals surface area contributed by atoms with Crippen molar-refractivity contribution in [3.05, 3.63) is 29.0 Å². The first kappa shape index (κ1) is 11.5. The third kappa shape index (κ3) is 2.07. The number of hydrogen-bond donors (Lipinski definition) is 0. The van der Waals surface area contributed by atoms with Crippen LogP contribution in [0.15, 0.2) is 18.3 Å². The molecular formula is C13H17ClN2O. The zero-order valence-corrected chi connectivity index (χ0v) is 10.8. The molecule has 1 spiro atoms. The van der Waals surface area contributed by atoms with Crippen molar-refractivity contribution in [3.63, 3.8) is 0 Å². The van der Waals surface area contributed by atoms with E-state index in [1.807, 2.05) is 12.3 Å². The molecule has 17 heavy (non-hydrogen) atoms. The largest absolute Gasteiger partial charge is 0.381 e. The lowest BCUT2D eigenvalue weighted by Crippen LogP contribution is -2.57. The molecule has 3 nitrogen and oxygen atoms in total. The number of pyridine rings is 1. The highest BCUT2D eigenvalue weighted by Gasteiger charge is 2.47. The highest BCUT2D eigenvalue weighted by atomic mass is 35.5. The van der Waals surface area contributed by atoms with Crippen LogP contribution in [0, 0.1) is 5.41 Å². The molecule has 2 aliphatic heterocycles. The van der Waals surface area contributed by atoms with Crippen molar-refractivity contribution in [1.29, 1.82) is 0 Å². The number of hydrogen-bond acceptors (Lipinski definition) is 3. The minimum atomic E-state index is 0.422. The third-order valence-electron chi connectivity index (χ3n) is 4.04. The maximum Gasteiger partial charge on any atom is 0.129 e. The Hall–Kier alpha value is -0.640. The predicted molar refractivity (Wildman–Crippen MR) is 67.1 cm³/mol. The normalized spacial score (nSPS) is 24.8. The molecule has 0 saturated carbocycles. The average molecular weight is 253 g/mol. The van der Waals surface area contributed by atoms with Gasteiger partial charge in [0, 0.05) is 37.4 Å². The van der Waals surface area contributed by atoms with Gasteiger partial charge in [-0.2, -0.15) is 0 Å². The molecule has 1 aromatic heterocycles. The minimum absolute atomic E-state index is 0.422. The Morgan fingerprint density at radius 3 is 2.88 bits per heavy atom. The van der Waals surface area contributed by atoms with Crippen molar-refractivity contribution in [1.82, 2.24) is 9.88 Å². The van der Waals surface area contributed by atoms with Gasteiger partial charge in [-0.05, 0) is 25.0 Å². The fraction of sp³-hybridized carbons (Fsp3) is 0.615. The summed E-state index contributed by atoms with van der Waals surface area (Å²) in [5.41, 5.74) is 1.69. The van der Waals surface area contributed by atoms with Gasteiger partial charge >= 0.3 is 0 Å². The molecule has 92 valence electrons.